The van der Waals surface area contributed by atoms with Crippen LogP contribution in [0.15, 0.2) is 0 Å². The first kappa shape index (κ1) is 14.3. The summed E-state index contributed by atoms with van der Waals surface area (Å²) in [6.45, 7) is 9.71. The van der Waals surface area contributed by atoms with E-state index in [0.717, 1.165) is 13.1 Å². The molecule has 0 aromatic carbocycles. The van der Waals surface area contributed by atoms with Crippen molar-refractivity contribution in [1.29, 1.82) is 0 Å². The number of hydrogen-bond donors (Lipinski definition) is 0. The number of piperidine rings is 1. The van der Waals surface area contributed by atoms with Gasteiger partial charge in [0.15, 0.2) is 0 Å². The molecule has 4 nitrogen and oxygen atoms in total. The molecule has 17 heavy (non-hydrogen) atoms. The summed E-state index contributed by atoms with van der Waals surface area (Å²) >= 11 is 0. The number of rotatable bonds is 3. The molecular formula is C13H26N2O2. The zero-order valence-corrected chi connectivity index (χ0v) is 11.7. The Bertz CT molecular complexity index is 242. The van der Waals surface area contributed by atoms with Gasteiger partial charge in [0.2, 0.25) is 0 Å². The monoisotopic (exact) mass is 242 g/mol. The van der Waals surface area contributed by atoms with Crippen molar-refractivity contribution in [2.24, 2.45) is 0 Å². The van der Waals surface area contributed by atoms with Gasteiger partial charge in [0, 0.05) is 20.1 Å². The van der Waals surface area contributed by atoms with Crippen molar-refractivity contribution in [2.45, 2.75) is 45.6 Å². The molecule has 1 aliphatic rings. The van der Waals surface area contributed by atoms with Crippen LogP contribution in [-0.2, 0) is 4.74 Å². The zero-order valence-electron chi connectivity index (χ0n) is 11.7. The molecule has 0 atom stereocenters. The lowest BCUT2D eigenvalue weighted by Crippen LogP contribution is -2.40. The fourth-order valence-corrected chi connectivity index (χ4v) is 1.91. The third-order valence-corrected chi connectivity index (χ3v) is 2.91. The maximum Gasteiger partial charge on any atom is 0.410 e. The normalized spacial score (nSPS) is 17.9. The lowest BCUT2D eigenvalue weighted by atomic mass is 10.1. The van der Waals surface area contributed by atoms with Gasteiger partial charge in [-0.05, 0) is 46.7 Å². The van der Waals surface area contributed by atoms with Gasteiger partial charge < -0.3 is 14.5 Å². The van der Waals surface area contributed by atoms with E-state index >= 15 is 0 Å². The molecule has 4 heteroatoms. The van der Waals surface area contributed by atoms with Crippen LogP contribution in [0.5, 0.6) is 0 Å². The summed E-state index contributed by atoms with van der Waals surface area (Å²) in [5.74, 6) is 0. The maximum atomic E-state index is 11.7. The molecule has 1 aliphatic heterocycles. The van der Waals surface area contributed by atoms with Gasteiger partial charge in [-0.3, -0.25) is 0 Å². The van der Waals surface area contributed by atoms with Crippen molar-refractivity contribution < 1.29 is 9.53 Å². The van der Waals surface area contributed by atoms with E-state index in [0.29, 0.717) is 0 Å². The van der Waals surface area contributed by atoms with Crippen LogP contribution < -0.4 is 0 Å². The van der Waals surface area contributed by atoms with Gasteiger partial charge in [-0.15, -0.1) is 0 Å². The minimum absolute atomic E-state index is 0.227. The molecule has 0 saturated carbocycles. The van der Waals surface area contributed by atoms with Crippen LogP contribution in [0.4, 0.5) is 4.79 Å². The Morgan fingerprint density at radius 1 is 1.24 bits per heavy atom. The first-order valence-electron chi connectivity index (χ1n) is 6.55. The maximum absolute atomic E-state index is 11.7. The molecular weight excluding hydrogens is 216 g/mol. The van der Waals surface area contributed by atoms with E-state index in [1.807, 2.05) is 20.8 Å². The minimum Gasteiger partial charge on any atom is -0.444 e. The summed E-state index contributed by atoms with van der Waals surface area (Å²) in [7, 11) is 1.80. The SMILES string of the molecule is CN(CCN1CCCCC1)C(=O)OC(C)(C)C. The summed E-state index contributed by atoms with van der Waals surface area (Å²) in [4.78, 5) is 15.8. The number of nitrogens with zero attached hydrogens (tertiary/aromatic N) is 2. The van der Waals surface area contributed by atoms with Crippen molar-refractivity contribution >= 4 is 6.09 Å². The molecule has 1 saturated heterocycles. The molecule has 100 valence electrons. The molecule has 0 aliphatic carbocycles. The number of likely N-dealkylation sites (N-methyl/N-ethyl adjacent to an activating group) is 1. The fraction of sp³-hybridized carbons (Fsp3) is 0.923. The smallest absolute Gasteiger partial charge is 0.410 e. The Labute approximate surface area is 105 Å². The summed E-state index contributed by atoms with van der Waals surface area (Å²) in [6, 6.07) is 0. The van der Waals surface area contributed by atoms with Gasteiger partial charge in [0.25, 0.3) is 0 Å². The Kier molecular flexibility index (Phi) is 5.25. The summed E-state index contributed by atoms with van der Waals surface area (Å²) in [5, 5.41) is 0. The van der Waals surface area contributed by atoms with Gasteiger partial charge in [0.1, 0.15) is 5.60 Å². The van der Waals surface area contributed by atoms with Crippen molar-refractivity contribution in [2.75, 3.05) is 33.2 Å². The number of likely N-dealkylation sites (tertiary alicyclic amines) is 1. The second-order valence-corrected chi connectivity index (χ2v) is 5.80. The number of hydrogen-bond acceptors (Lipinski definition) is 3. The van der Waals surface area contributed by atoms with Gasteiger partial charge in [-0.1, -0.05) is 6.42 Å². The third-order valence-electron chi connectivity index (χ3n) is 2.91. The van der Waals surface area contributed by atoms with E-state index in [4.69, 9.17) is 4.74 Å². The predicted molar refractivity (Wildman–Crippen MR) is 69.2 cm³/mol. The van der Waals surface area contributed by atoms with E-state index in [1.165, 1.54) is 32.4 Å². The molecule has 0 spiro atoms. The van der Waals surface area contributed by atoms with Gasteiger partial charge in [-0.2, -0.15) is 0 Å². The van der Waals surface area contributed by atoms with E-state index in [9.17, 15) is 4.79 Å². The molecule has 0 unspecified atom stereocenters. The lowest BCUT2D eigenvalue weighted by Gasteiger charge is -2.29. The summed E-state index contributed by atoms with van der Waals surface area (Å²) < 4.78 is 5.31. The van der Waals surface area contributed by atoms with Crippen LogP contribution in [-0.4, -0.2) is 54.7 Å². The van der Waals surface area contributed by atoms with E-state index in [-0.39, 0.29) is 6.09 Å². The minimum atomic E-state index is -0.406. The molecule has 0 aromatic heterocycles. The second-order valence-electron chi connectivity index (χ2n) is 5.80. The topological polar surface area (TPSA) is 32.8 Å². The standard InChI is InChI=1S/C13H26N2O2/c1-13(2,3)17-12(16)14(4)10-11-15-8-6-5-7-9-15/h5-11H2,1-4H3. The average molecular weight is 242 g/mol. The highest BCUT2D eigenvalue weighted by Gasteiger charge is 2.20. The van der Waals surface area contributed by atoms with E-state index < -0.39 is 5.60 Å². The molecule has 1 heterocycles. The Hall–Kier alpha value is -0.770. The Balaban J connectivity index is 2.23. The summed E-state index contributed by atoms with van der Waals surface area (Å²) in [5.41, 5.74) is -0.406. The highest BCUT2D eigenvalue weighted by Crippen LogP contribution is 2.10. The fourth-order valence-electron chi connectivity index (χ4n) is 1.91. The van der Waals surface area contributed by atoms with E-state index in [2.05, 4.69) is 4.90 Å². The highest BCUT2D eigenvalue weighted by atomic mass is 16.6. The quantitative estimate of drug-likeness (QED) is 0.761. The molecule has 0 bridgehead atoms. The number of ether oxygens (including phenoxy) is 1. The van der Waals surface area contributed by atoms with Crippen molar-refractivity contribution in [3.8, 4) is 0 Å². The van der Waals surface area contributed by atoms with Crippen LogP contribution in [0, 0.1) is 0 Å². The molecule has 0 aromatic rings. The number of carbonyl (C=O) groups excluding carboxylic acids is 1. The molecule has 1 rings (SSSR count). The van der Waals surface area contributed by atoms with Crippen LogP contribution >= 0.6 is 0 Å². The zero-order chi connectivity index (χ0) is 12.9. The van der Waals surface area contributed by atoms with Crippen molar-refractivity contribution in [1.82, 2.24) is 9.80 Å². The number of amides is 1. The molecule has 0 N–H and O–H groups in total. The van der Waals surface area contributed by atoms with E-state index in [1.54, 1.807) is 11.9 Å². The molecule has 1 fully saturated rings. The number of carbonyl (C=O) groups is 1. The highest BCUT2D eigenvalue weighted by molar-refractivity contribution is 5.67. The average Bonchev–Trinajstić information content (AvgIpc) is 2.25. The van der Waals surface area contributed by atoms with Crippen LogP contribution in [0.3, 0.4) is 0 Å². The van der Waals surface area contributed by atoms with Crippen molar-refractivity contribution in [3.63, 3.8) is 0 Å². The largest absolute Gasteiger partial charge is 0.444 e. The first-order valence-corrected chi connectivity index (χ1v) is 6.55. The van der Waals surface area contributed by atoms with Gasteiger partial charge in [0.05, 0.1) is 0 Å². The first-order chi connectivity index (χ1) is 7.88. The van der Waals surface area contributed by atoms with Crippen LogP contribution in [0.2, 0.25) is 0 Å². The lowest BCUT2D eigenvalue weighted by molar-refractivity contribution is 0.0280. The Morgan fingerprint density at radius 2 is 1.82 bits per heavy atom. The van der Waals surface area contributed by atoms with Gasteiger partial charge >= 0.3 is 6.09 Å². The van der Waals surface area contributed by atoms with Crippen LogP contribution in [0.1, 0.15) is 40.0 Å². The molecule has 1 amide bonds. The third kappa shape index (κ3) is 5.91. The molecule has 0 radical (unpaired) electrons. The second kappa shape index (κ2) is 6.24. The van der Waals surface area contributed by atoms with Gasteiger partial charge in [-0.25, -0.2) is 4.79 Å². The van der Waals surface area contributed by atoms with Crippen LogP contribution in [0.25, 0.3) is 0 Å². The summed E-state index contributed by atoms with van der Waals surface area (Å²) in [6.07, 6.45) is 3.69. The predicted octanol–water partition coefficient (Wildman–Crippen LogP) is 2.34. The van der Waals surface area contributed by atoms with Crippen molar-refractivity contribution in [3.05, 3.63) is 0 Å². The Morgan fingerprint density at radius 3 is 2.35 bits per heavy atom.